The summed E-state index contributed by atoms with van der Waals surface area (Å²) in [6.45, 7) is -0.260. The predicted octanol–water partition coefficient (Wildman–Crippen LogP) is 2.47. The van der Waals surface area contributed by atoms with E-state index in [0.717, 1.165) is 0 Å². The van der Waals surface area contributed by atoms with Gasteiger partial charge >= 0.3 is 6.09 Å². The van der Waals surface area contributed by atoms with Gasteiger partial charge in [0.05, 0.1) is 11.4 Å². The maximum Gasteiger partial charge on any atom is 0.406 e. The zero-order valence-electron chi connectivity index (χ0n) is 15.6. The molecule has 0 aliphatic carbocycles. The van der Waals surface area contributed by atoms with Crippen LogP contribution in [0.3, 0.4) is 0 Å². The number of halogens is 1. The minimum Gasteiger partial charge on any atom is -0.465 e. The molecule has 0 saturated heterocycles. The monoisotopic (exact) mass is 458 g/mol. The summed E-state index contributed by atoms with van der Waals surface area (Å²) in [5, 5.41) is 11.6. The number of nitrogens with one attached hydrogen (secondary N) is 1. The second kappa shape index (κ2) is 8.87. The number of likely N-dealkylation sites (N-methyl/N-ethyl adjacent to an activating group) is 1. The Balaban J connectivity index is 1.98. The molecule has 1 atom stereocenters. The van der Waals surface area contributed by atoms with Crippen LogP contribution >= 0.6 is 15.9 Å². The first-order valence-electron chi connectivity index (χ1n) is 8.77. The predicted molar refractivity (Wildman–Crippen MR) is 114 cm³/mol. The van der Waals surface area contributed by atoms with E-state index in [-0.39, 0.29) is 12.5 Å². The Morgan fingerprint density at radius 2 is 1.83 bits per heavy atom. The average molecular weight is 459 g/mol. The van der Waals surface area contributed by atoms with E-state index in [4.69, 9.17) is 5.11 Å². The fourth-order valence-electron chi connectivity index (χ4n) is 3.02. The molecule has 29 heavy (non-hydrogen) atoms. The number of anilines is 2. The van der Waals surface area contributed by atoms with Crippen molar-refractivity contribution in [3.05, 3.63) is 60.2 Å². The third-order valence-electron chi connectivity index (χ3n) is 4.49. The quantitative estimate of drug-likeness (QED) is 0.671. The van der Waals surface area contributed by atoms with Crippen molar-refractivity contribution in [1.82, 2.24) is 5.32 Å². The zero-order chi connectivity index (χ0) is 21.0. The lowest BCUT2D eigenvalue weighted by Gasteiger charge is -2.27. The van der Waals surface area contributed by atoms with E-state index >= 15 is 0 Å². The lowest BCUT2D eigenvalue weighted by atomic mass is 10.1. The number of carboxylic acid groups (broad SMARTS) is 1. The van der Waals surface area contributed by atoms with Gasteiger partial charge in [0, 0.05) is 23.6 Å². The summed E-state index contributed by atoms with van der Waals surface area (Å²) in [5.41, 5.74) is 2.35. The van der Waals surface area contributed by atoms with Gasteiger partial charge in [0.15, 0.2) is 0 Å². The first kappa shape index (κ1) is 20.5. The molecule has 1 aliphatic rings. The Labute approximate surface area is 176 Å². The van der Waals surface area contributed by atoms with Crippen LogP contribution in [0, 0.1) is 0 Å². The third kappa shape index (κ3) is 4.45. The summed E-state index contributed by atoms with van der Waals surface area (Å²) in [5.74, 6) is -0.943. The van der Waals surface area contributed by atoms with Gasteiger partial charge in [-0.15, -0.1) is 0 Å². The Hall–Kier alpha value is -3.20. The van der Waals surface area contributed by atoms with Gasteiger partial charge in [0.1, 0.15) is 6.54 Å². The van der Waals surface area contributed by atoms with Gasteiger partial charge in [-0.05, 0) is 18.2 Å². The van der Waals surface area contributed by atoms with Crippen LogP contribution in [-0.2, 0) is 9.59 Å². The molecule has 0 spiro atoms. The number of benzene rings is 2. The second-order valence-electron chi connectivity index (χ2n) is 6.29. The fourth-order valence-corrected chi connectivity index (χ4v) is 3.46. The average Bonchev–Trinajstić information content (AvgIpc) is 2.83. The van der Waals surface area contributed by atoms with E-state index in [1.165, 1.54) is 9.80 Å². The van der Waals surface area contributed by atoms with Gasteiger partial charge in [0.25, 0.3) is 5.91 Å². The molecule has 0 saturated carbocycles. The summed E-state index contributed by atoms with van der Waals surface area (Å²) < 4.78 is 0. The van der Waals surface area contributed by atoms with E-state index in [9.17, 15) is 14.4 Å². The number of hydrogen-bond acceptors (Lipinski definition) is 4. The maximum atomic E-state index is 13.1. The van der Waals surface area contributed by atoms with Gasteiger partial charge in [0.2, 0.25) is 12.1 Å². The Morgan fingerprint density at radius 3 is 2.48 bits per heavy atom. The van der Waals surface area contributed by atoms with Crippen molar-refractivity contribution < 1.29 is 19.5 Å². The van der Waals surface area contributed by atoms with Gasteiger partial charge in [-0.25, -0.2) is 4.79 Å². The van der Waals surface area contributed by atoms with Crippen LogP contribution in [-0.4, -0.2) is 53.8 Å². The van der Waals surface area contributed by atoms with Crippen LogP contribution in [0.5, 0.6) is 0 Å². The molecular formula is C20H19BrN4O4. The molecule has 150 valence electrons. The van der Waals surface area contributed by atoms with Crippen molar-refractivity contribution >= 4 is 50.9 Å². The van der Waals surface area contributed by atoms with Crippen molar-refractivity contribution in [2.45, 2.75) is 6.17 Å². The van der Waals surface area contributed by atoms with Gasteiger partial charge < -0.3 is 10.0 Å². The first-order chi connectivity index (χ1) is 13.9. The molecule has 3 amide bonds. The molecule has 1 unspecified atom stereocenters. The molecule has 2 aromatic rings. The molecule has 9 heteroatoms. The van der Waals surface area contributed by atoms with Crippen molar-refractivity contribution in [2.75, 3.05) is 28.7 Å². The van der Waals surface area contributed by atoms with E-state index in [1.54, 1.807) is 43.4 Å². The normalized spacial score (nSPS) is 15.8. The minimum absolute atomic E-state index is 0.260. The number of alkyl halides is 1. The largest absolute Gasteiger partial charge is 0.465 e. The van der Waals surface area contributed by atoms with Crippen LogP contribution in [0.2, 0.25) is 0 Å². The number of hydrogen-bond donors (Lipinski definition) is 2. The third-order valence-corrected chi connectivity index (χ3v) is 5.02. The summed E-state index contributed by atoms with van der Waals surface area (Å²) >= 11 is 3.34. The highest BCUT2D eigenvalue weighted by Crippen LogP contribution is 2.26. The van der Waals surface area contributed by atoms with Crippen molar-refractivity contribution in [2.24, 2.45) is 4.99 Å². The molecule has 0 bridgehead atoms. The second-order valence-corrected chi connectivity index (χ2v) is 6.85. The van der Waals surface area contributed by atoms with E-state index in [1.807, 2.05) is 18.2 Å². The molecule has 0 aromatic heterocycles. The maximum absolute atomic E-state index is 13.1. The number of carbonyl (C=O) groups is 3. The van der Waals surface area contributed by atoms with E-state index in [0.29, 0.717) is 28.0 Å². The molecule has 2 aromatic carbocycles. The highest BCUT2D eigenvalue weighted by Gasteiger charge is 2.34. The van der Waals surface area contributed by atoms with Gasteiger partial charge in [-0.1, -0.05) is 52.3 Å². The Kier molecular flexibility index (Phi) is 6.28. The van der Waals surface area contributed by atoms with E-state index in [2.05, 4.69) is 26.2 Å². The molecule has 8 nitrogen and oxygen atoms in total. The number of para-hydroxylation sites is 2. The lowest BCUT2D eigenvalue weighted by Crippen LogP contribution is -2.50. The summed E-state index contributed by atoms with van der Waals surface area (Å²) in [6.07, 6.45) is -2.72. The molecule has 0 fully saturated rings. The SMILES string of the molecule is CN(C(=O)CN1C(=O)C(NC(=O)O)N=C(CBr)c2ccccc21)c1ccccc1. The van der Waals surface area contributed by atoms with Crippen LogP contribution in [0.25, 0.3) is 0 Å². The number of aliphatic imine (C=N–C) groups is 1. The Bertz CT molecular complexity index is 964. The number of amides is 3. The van der Waals surface area contributed by atoms with Crippen LogP contribution < -0.4 is 15.1 Å². The Morgan fingerprint density at radius 1 is 1.17 bits per heavy atom. The van der Waals surface area contributed by atoms with Crippen LogP contribution in [0.15, 0.2) is 59.6 Å². The van der Waals surface area contributed by atoms with Crippen molar-refractivity contribution in [1.29, 1.82) is 0 Å². The standard InChI is InChI=1S/C20H19BrN4O4/c1-24(13-7-3-2-4-8-13)17(26)12-25-16-10-6-5-9-14(16)15(11-21)22-18(19(25)27)23-20(28)29/h2-10,18,23H,11-12H2,1H3,(H,28,29). The van der Waals surface area contributed by atoms with Crippen LogP contribution in [0.4, 0.5) is 16.2 Å². The van der Waals surface area contributed by atoms with Gasteiger partial charge in [-0.2, -0.15) is 0 Å². The molecule has 1 heterocycles. The van der Waals surface area contributed by atoms with Crippen molar-refractivity contribution in [3.63, 3.8) is 0 Å². The summed E-state index contributed by atoms with van der Waals surface area (Å²) in [4.78, 5) is 44.2. The highest BCUT2D eigenvalue weighted by atomic mass is 79.9. The number of nitrogens with zero attached hydrogens (tertiary/aromatic N) is 3. The summed E-state index contributed by atoms with van der Waals surface area (Å²) in [7, 11) is 1.62. The molecule has 2 N–H and O–H groups in total. The zero-order valence-corrected chi connectivity index (χ0v) is 17.2. The molecule has 0 radical (unpaired) electrons. The van der Waals surface area contributed by atoms with Crippen molar-refractivity contribution in [3.8, 4) is 0 Å². The number of benzodiazepines with no additional fused rings is 1. The molecular weight excluding hydrogens is 440 g/mol. The van der Waals surface area contributed by atoms with E-state index < -0.39 is 18.2 Å². The number of fused-ring (bicyclic) bond motifs is 1. The molecule has 3 rings (SSSR count). The smallest absolute Gasteiger partial charge is 0.406 e. The van der Waals surface area contributed by atoms with Gasteiger partial charge in [-0.3, -0.25) is 24.8 Å². The first-order valence-corrected chi connectivity index (χ1v) is 9.89. The lowest BCUT2D eigenvalue weighted by molar-refractivity contribution is -0.123. The summed E-state index contributed by atoms with van der Waals surface area (Å²) in [6, 6.07) is 16.1. The molecule has 1 aliphatic heterocycles. The number of carbonyl (C=O) groups excluding carboxylic acids is 2. The minimum atomic E-state index is -1.38. The fraction of sp³-hybridized carbons (Fsp3) is 0.200. The highest BCUT2D eigenvalue weighted by molar-refractivity contribution is 9.09. The van der Waals surface area contributed by atoms with Crippen LogP contribution in [0.1, 0.15) is 5.56 Å². The number of rotatable bonds is 5. The topological polar surface area (TPSA) is 102 Å².